The molecular formula is C18H21ClN4O. The molecule has 0 saturated heterocycles. The van der Waals surface area contributed by atoms with Gasteiger partial charge in [0.1, 0.15) is 0 Å². The molecule has 24 heavy (non-hydrogen) atoms. The number of nitrogens with zero attached hydrogens (tertiary/aromatic N) is 3. The fourth-order valence-electron chi connectivity index (χ4n) is 2.92. The molecule has 1 aliphatic carbocycles. The largest absolute Gasteiger partial charge is 0.350 e. The number of hydrogen-bond acceptors (Lipinski definition) is 3. The lowest BCUT2D eigenvalue weighted by Crippen LogP contribution is -2.26. The SMILES string of the molecule is Cc1c(C(=O)NCCC2=CCCCC2)nnn1-c1ccc(Cl)cc1. The quantitative estimate of drug-likeness (QED) is 0.838. The van der Waals surface area contributed by atoms with Gasteiger partial charge in [-0.25, -0.2) is 4.68 Å². The van der Waals surface area contributed by atoms with Crippen molar-refractivity contribution in [1.82, 2.24) is 20.3 Å². The summed E-state index contributed by atoms with van der Waals surface area (Å²) >= 11 is 5.90. The molecule has 2 aromatic rings. The van der Waals surface area contributed by atoms with E-state index in [9.17, 15) is 4.79 Å². The third kappa shape index (κ3) is 3.85. The number of amides is 1. The highest BCUT2D eigenvalue weighted by Gasteiger charge is 2.17. The van der Waals surface area contributed by atoms with Crippen molar-refractivity contribution in [2.24, 2.45) is 0 Å². The normalized spacial score (nSPS) is 14.3. The first-order valence-electron chi connectivity index (χ1n) is 8.29. The number of hydrogen-bond donors (Lipinski definition) is 1. The lowest BCUT2D eigenvalue weighted by molar-refractivity contribution is 0.0948. The van der Waals surface area contributed by atoms with Crippen LogP contribution in [0.25, 0.3) is 5.69 Å². The first kappa shape index (κ1) is 16.7. The first-order valence-corrected chi connectivity index (χ1v) is 8.67. The van der Waals surface area contributed by atoms with Crippen LogP contribution in [0.4, 0.5) is 0 Å². The predicted octanol–water partition coefficient (Wildman–Crippen LogP) is 3.85. The third-order valence-electron chi connectivity index (χ3n) is 4.30. The Kier molecular flexibility index (Phi) is 5.30. The Morgan fingerprint density at radius 3 is 2.79 bits per heavy atom. The van der Waals surface area contributed by atoms with Crippen LogP contribution in [0.1, 0.15) is 48.3 Å². The Morgan fingerprint density at radius 1 is 1.29 bits per heavy atom. The average molecular weight is 345 g/mol. The highest BCUT2D eigenvalue weighted by atomic mass is 35.5. The standard InChI is InChI=1S/C18H21ClN4O/c1-13-17(18(24)20-12-11-14-5-3-2-4-6-14)21-22-23(13)16-9-7-15(19)8-10-16/h5,7-10H,2-4,6,11-12H2,1H3,(H,20,24). The molecule has 1 heterocycles. The van der Waals surface area contributed by atoms with Gasteiger partial charge in [-0.3, -0.25) is 4.79 Å². The van der Waals surface area contributed by atoms with Crippen molar-refractivity contribution in [3.63, 3.8) is 0 Å². The summed E-state index contributed by atoms with van der Waals surface area (Å²) in [5.74, 6) is -0.177. The summed E-state index contributed by atoms with van der Waals surface area (Å²) < 4.78 is 1.65. The highest BCUT2D eigenvalue weighted by molar-refractivity contribution is 6.30. The van der Waals surface area contributed by atoms with E-state index in [2.05, 4.69) is 21.7 Å². The zero-order chi connectivity index (χ0) is 16.9. The summed E-state index contributed by atoms with van der Waals surface area (Å²) in [6, 6.07) is 7.27. The van der Waals surface area contributed by atoms with Crippen LogP contribution in [0.5, 0.6) is 0 Å². The maximum absolute atomic E-state index is 12.3. The molecule has 0 radical (unpaired) electrons. The summed E-state index contributed by atoms with van der Waals surface area (Å²) in [6.45, 7) is 2.48. The van der Waals surface area contributed by atoms with E-state index in [0.717, 1.165) is 24.9 Å². The third-order valence-corrected chi connectivity index (χ3v) is 4.55. The van der Waals surface area contributed by atoms with Crippen molar-refractivity contribution in [3.8, 4) is 5.69 Å². The number of aromatic nitrogens is 3. The Bertz CT molecular complexity index is 749. The highest BCUT2D eigenvalue weighted by Crippen LogP contribution is 2.19. The van der Waals surface area contributed by atoms with E-state index in [1.54, 1.807) is 16.8 Å². The molecule has 3 rings (SSSR count). The molecule has 1 aliphatic rings. The summed E-state index contributed by atoms with van der Waals surface area (Å²) in [5.41, 5.74) is 3.35. The van der Waals surface area contributed by atoms with Gasteiger partial charge in [0.25, 0.3) is 5.91 Å². The minimum absolute atomic E-state index is 0.177. The number of rotatable bonds is 5. The summed E-state index contributed by atoms with van der Waals surface area (Å²) in [7, 11) is 0. The van der Waals surface area contributed by atoms with Crippen LogP contribution >= 0.6 is 11.6 Å². The maximum atomic E-state index is 12.3. The van der Waals surface area contributed by atoms with E-state index >= 15 is 0 Å². The zero-order valence-electron chi connectivity index (χ0n) is 13.8. The second-order valence-electron chi connectivity index (χ2n) is 6.03. The number of allylic oxidation sites excluding steroid dienone is 1. The topological polar surface area (TPSA) is 59.8 Å². The first-order chi connectivity index (χ1) is 11.6. The number of carbonyl (C=O) groups is 1. The van der Waals surface area contributed by atoms with E-state index in [1.165, 1.54) is 18.4 Å². The van der Waals surface area contributed by atoms with Crippen LogP contribution in [-0.4, -0.2) is 27.4 Å². The van der Waals surface area contributed by atoms with Gasteiger partial charge < -0.3 is 5.32 Å². The minimum Gasteiger partial charge on any atom is -0.350 e. The molecule has 0 fully saturated rings. The Labute approximate surface area is 146 Å². The van der Waals surface area contributed by atoms with Gasteiger partial charge in [0.2, 0.25) is 0 Å². The second-order valence-corrected chi connectivity index (χ2v) is 6.46. The lowest BCUT2D eigenvalue weighted by Gasteiger charge is -2.12. The molecule has 1 aromatic heterocycles. The Hall–Kier alpha value is -2.14. The van der Waals surface area contributed by atoms with E-state index in [4.69, 9.17) is 11.6 Å². The molecular weight excluding hydrogens is 324 g/mol. The monoisotopic (exact) mass is 344 g/mol. The van der Waals surface area contributed by atoms with Crippen LogP contribution in [0.3, 0.4) is 0 Å². The molecule has 5 nitrogen and oxygen atoms in total. The number of nitrogens with one attached hydrogen (secondary N) is 1. The van der Waals surface area contributed by atoms with Gasteiger partial charge in [0.15, 0.2) is 5.69 Å². The van der Waals surface area contributed by atoms with Crippen molar-refractivity contribution in [1.29, 1.82) is 0 Å². The van der Waals surface area contributed by atoms with Crippen LogP contribution in [0.2, 0.25) is 5.02 Å². The maximum Gasteiger partial charge on any atom is 0.273 e. The van der Waals surface area contributed by atoms with Crippen LogP contribution in [-0.2, 0) is 0 Å². The second kappa shape index (κ2) is 7.62. The molecule has 0 atom stereocenters. The van der Waals surface area contributed by atoms with Crippen molar-refractivity contribution in [2.45, 2.75) is 39.0 Å². The molecule has 0 aliphatic heterocycles. The molecule has 1 aromatic carbocycles. The zero-order valence-corrected chi connectivity index (χ0v) is 14.5. The Morgan fingerprint density at radius 2 is 2.08 bits per heavy atom. The number of carbonyl (C=O) groups excluding carboxylic acids is 1. The fourth-order valence-corrected chi connectivity index (χ4v) is 3.04. The van der Waals surface area contributed by atoms with Gasteiger partial charge in [0.05, 0.1) is 11.4 Å². The molecule has 0 saturated carbocycles. The lowest BCUT2D eigenvalue weighted by atomic mass is 9.97. The number of halogens is 1. The molecule has 0 bridgehead atoms. The van der Waals surface area contributed by atoms with E-state index in [0.29, 0.717) is 23.0 Å². The smallest absolute Gasteiger partial charge is 0.273 e. The van der Waals surface area contributed by atoms with Gasteiger partial charge in [-0.2, -0.15) is 0 Å². The number of benzene rings is 1. The molecule has 1 amide bonds. The van der Waals surface area contributed by atoms with Gasteiger partial charge in [-0.15, -0.1) is 5.10 Å². The van der Waals surface area contributed by atoms with Gasteiger partial charge in [-0.1, -0.05) is 28.5 Å². The van der Waals surface area contributed by atoms with Crippen molar-refractivity contribution in [3.05, 3.63) is 52.3 Å². The summed E-state index contributed by atoms with van der Waals surface area (Å²) in [5, 5.41) is 11.7. The Balaban J connectivity index is 1.63. The van der Waals surface area contributed by atoms with E-state index in [-0.39, 0.29) is 5.91 Å². The fraction of sp³-hybridized carbons (Fsp3) is 0.389. The van der Waals surface area contributed by atoms with Gasteiger partial charge >= 0.3 is 0 Å². The predicted molar refractivity (Wildman–Crippen MR) is 94.6 cm³/mol. The van der Waals surface area contributed by atoms with Crippen LogP contribution in [0.15, 0.2) is 35.9 Å². The molecule has 0 spiro atoms. The van der Waals surface area contributed by atoms with Crippen LogP contribution < -0.4 is 5.32 Å². The van der Waals surface area contributed by atoms with Crippen molar-refractivity contribution in [2.75, 3.05) is 6.54 Å². The average Bonchev–Trinajstić information content (AvgIpc) is 2.98. The molecule has 126 valence electrons. The van der Waals surface area contributed by atoms with Crippen LogP contribution in [0, 0.1) is 6.92 Å². The minimum atomic E-state index is -0.177. The van der Waals surface area contributed by atoms with Gasteiger partial charge in [0, 0.05) is 11.6 Å². The molecule has 6 heteroatoms. The molecule has 0 unspecified atom stereocenters. The van der Waals surface area contributed by atoms with E-state index < -0.39 is 0 Å². The summed E-state index contributed by atoms with van der Waals surface area (Å²) in [4.78, 5) is 12.3. The summed E-state index contributed by atoms with van der Waals surface area (Å²) in [6.07, 6.45) is 8.07. The van der Waals surface area contributed by atoms with Crippen molar-refractivity contribution < 1.29 is 4.79 Å². The van der Waals surface area contributed by atoms with E-state index in [1.807, 2.05) is 19.1 Å². The van der Waals surface area contributed by atoms with Crippen molar-refractivity contribution >= 4 is 17.5 Å². The van der Waals surface area contributed by atoms with Gasteiger partial charge in [-0.05, 0) is 63.3 Å². The molecule has 1 N–H and O–H groups in total.